The number of carbonyl (C=O) groups is 1. The van der Waals surface area contributed by atoms with Crippen molar-refractivity contribution in [3.63, 3.8) is 0 Å². The first-order valence-electron chi connectivity index (χ1n) is 12.6. The van der Waals surface area contributed by atoms with Gasteiger partial charge >= 0.3 is 7.75 Å². The fourth-order valence-electron chi connectivity index (χ4n) is 4.17. The quantitative estimate of drug-likeness (QED) is 0.202. The molecule has 3 aromatic rings. The number of para-hydroxylation sites is 1. The molecule has 2 aromatic heterocycles. The number of anilines is 1. The molecule has 4 atom stereocenters. The van der Waals surface area contributed by atoms with Crippen molar-refractivity contribution in [2.24, 2.45) is 5.92 Å². The predicted molar refractivity (Wildman–Crippen MR) is 154 cm³/mol. The molecule has 4 unspecified atom stereocenters. The molecule has 0 amide bonds. The van der Waals surface area contributed by atoms with Crippen molar-refractivity contribution >= 4 is 31.6 Å². The minimum atomic E-state index is -3.78. The van der Waals surface area contributed by atoms with Crippen LogP contribution in [0.25, 0.3) is 11.2 Å². The normalized spacial score (nSPS) is 19.7. The number of hydrogen-bond donors (Lipinski definition) is 2. The lowest BCUT2D eigenvalue weighted by molar-refractivity contribution is -0.0980. The van der Waals surface area contributed by atoms with Gasteiger partial charge in [0.15, 0.2) is 11.2 Å². The second-order valence-corrected chi connectivity index (χ2v) is 10.8. The summed E-state index contributed by atoms with van der Waals surface area (Å²) in [7, 11) is -0.631. The lowest BCUT2D eigenvalue weighted by atomic mass is 10.00. The summed E-state index contributed by atoms with van der Waals surface area (Å²) in [4.78, 5) is 20.9. The number of nitrogens with zero attached hydrogens (tertiary/aromatic N) is 4. The first kappa shape index (κ1) is 34.1. The molecule has 15 heteroatoms. The Morgan fingerprint density at radius 1 is 1.22 bits per heavy atom. The van der Waals surface area contributed by atoms with Gasteiger partial charge in [-0.25, -0.2) is 9.55 Å². The van der Waals surface area contributed by atoms with Crippen molar-refractivity contribution < 1.29 is 37.4 Å². The summed E-state index contributed by atoms with van der Waals surface area (Å²) in [5.41, 5.74) is 6.87. The Bertz CT molecular complexity index is 1250. The lowest BCUT2D eigenvalue weighted by Crippen LogP contribution is -2.25. The molecule has 14 nitrogen and oxygen atoms in total. The molecule has 41 heavy (non-hydrogen) atoms. The fraction of sp³-hybridized carbons (Fsp3) is 0.538. The van der Waals surface area contributed by atoms with Crippen molar-refractivity contribution in [3.05, 3.63) is 36.7 Å². The lowest BCUT2D eigenvalue weighted by Gasteiger charge is -2.22. The van der Waals surface area contributed by atoms with E-state index in [2.05, 4.69) is 20.0 Å². The van der Waals surface area contributed by atoms with E-state index in [0.29, 0.717) is 36.4 Å². The maximum absolute atomic E-state index is 13.6. The van der Waals surface area contributed by atoms with Crippen molar-refractivity contribution in [1.82, 2.24) is 24.6 Å². The van der Waals surface area contributed by atoms with Crippen molar-refractivity contribution in [2.75, 3.05) is 39.9 Å². The average Bonchev–Trinajstić information content (AvgIpc) is 3.55. The number of rotatable bonds is 14. The van der Waals surface area contributed by atoms with Crippen LogP contribution in [0, 0.1) is 5.92 Å². The number of nitrogen functional groups attached to an aromatic ring is 1. The summed E-state index contributed by atoms with van der Waals surface area (Å²) in [5, 5.41) is 2.78. The van der Waals surface area contributed by atoms with Crippen LogP contribution in [0.15, 0.2) is 36.7 Å². The number of imidazole rings is 1. The van der Waals surface area contributed by atoms with E-state index in [1.165, 1.54) is 7.11 Å². The van der Waals surface area contributed by atoms with Gasteiger partial charge < -0.3 is 34.0 Å². The van der Waals surface area contributed by atoms with Gasteiger partial charge in [0.25, 0.3) is 0 Å². The Labute approximate surface area is 240 Å². The molecule has 1 fully saturated rings. The highest BCUT2D eigenvalue weighted by Gasteiger charge is 2.39. The topological polar surface area (TPSA) is 171 Å². The van der Waals surface area contributed by atoms with Crippen LogP contribution in [0.5, 0.6) is 11.6 Å². The molecular formula is C26H41N6O8P. The van der Waals surface area contributed by atoms with Gasteiger partial charge in [0.2, 0.25) is 11.8 Å². The predicted octanol–water partition coefficient (Wildman–Crippen LogP) is 3.98. The second kappa shape index (κ2) is 16.3. The van der Waals surface area contributed by atoms with Crippen molar-refractivity contribution in [2.45, 2.75) is 52.6 Å². The average molecular weight is 597 g/mol. The van der Waals surface area contributed by atoms with Gasteiger partial charge in [-0.2, -0.15) is 15.1 Å². The Hall–Kier alpha value is -3.13. The SMILES string of the molecule is C.C=O.COCCC1CC(COP(=O)(NCOC(C)C)Oc2ccccc2)OC1n1cnc2c(OC)nc(N)nc21. The zero-order chi connectivity index (χ0) is 29.1. The fourth-order valence-corrected chi connectivity index (χ4v) is 5.37. The van der Waals surface area contributed by atoms with Gasteiger partial charge in [-0.1, -0.05) is 25.6 Å². The number of nitrogens with two attached hydrogens (primary N) is 1. The van der Waals surface area contributed by atoms with Crippen LogP contribution in [0.4, 0.5) is 5.95 Å². The highest BCUT2D eigenvalue weighted by Crippen LogP contribution is 2.46. The number of benzene rings is 1. The Morgan fingerprint density at radius 2 is 1.95 bits per heavy atom. The second-order valence-electron chi connectivity index (χ2n) is 9.06. The number of aromatic nitrogens is 4. The van der Waals surface area contributed by atoms with Gasteiger partial charge in [0.05, 0.1) is 32.3 Å². The molecule has 3 heterocycles. The largest absolute Gasteiger partial charge is 0.479 e. The Morgan fingerprint density at radius 3 is 2.61 bits per heavy atom. The summed E-state index contributed by atoms with van der Waals surface area (Å²) in [6.07, 6.45) is 2.08. The van der Waals surface area contributed by atoms with E-state index < -0.39 is 14.0 Å². The summed E-state index contributed by atoms with van der Waals surface area (Å²) >= 11 is 0. The van der Waals surface area contributed by atoms with E-state index >= 15 is 0 Å². The summed E-state index contributed by atoms with van der Waals surface area (Å²) in [6, 6.07) is 8.83. The summed E-state index contributed by atoms with van der Waals surface area (Å²) < 4.78 is 49.5. The monoisotopic (exact) mass is 596 g/mol. The molecule has 3 N–H and O–H groups in total. The van der Waals surface area contributed by atoms with Gasteiger partial charge in [-0.05, 0) is 38.8 Å². The molecule has 0 saturated carbocycles. The van der Waals surface area contributed by atoms with Gasteiger partial charge in [-0.15, -0.1) is 0 Å². The molecule has 1 saturated heterocycles. The highest BCUT2D eigenvalue weighted by molar-refractivity contribution is 7.52. The molecule has 228 valence electrons. The smallest absolute Gasteiger partial charge is 0.460 e. The van der Waals surface area contributed by atoms with Gasteiger partial charge in [0, 0.05) is 19.6 Å². The molecule has 0 bridgehead atoms. The molecule has 1 aliphatic heterocycles. The minimum absolute atomic E-state index is 0. The van der Waals surface area contributed by atoms with Crippen LogP contribution in [0.3, 0.4) is 0 Å². The van der Waals surface area contributed by atoms with E-state index in [1.54, 1.807) is 37.7 Å². The number of methoxy groups -OCH3 is 2. The third-order valence-electron chi connectivity index (χ3n) is 5.94. The number of carbonyl (C=O) groups excluding carboxylic acids is 1. The Kier molecular flexibility index (Phi) is 13.6. The molecule has 1 aliphatic rings. The zero-order valence-electron chi connectivity index (χ0n) is 23.1. The van der Waals surface area contributed by atoms with Crippen LogP contribution in [0.1, 0.15) is 40.3 Å². The highest BCUT2D eigenvalue weighted by atomic mass is 31.2. The molecule has 1 aromatic carbocycles. The minimum Gasteiger partial charge on any atom is -0.479 e. The zero-order valence-corrected chi connectivity index (χ0v) is 24.0. The summed E-state index contributed by atoms with van der Waals surface area (Å²) in [6.45, 7) is 6.31. The number of hydrogen-bond acceptors (Lipinski definition) is 12. The van der Waals surface area contributed by atoms with E-state index in [1.807, 2.05) is 31.3 Å². The maximum Gasteiger partial charge on any atom is 0.460 e. The third kappa shape index (κ3) is 9.18. The summed E-state index contributed by atoms with van der Waals surface area (Å²) in [5.74, 6) is 0.796. The third-order valence-corrected chi connectivity index (χ3v) is 7.40. The first-order valence-corrected chi connectivity index (χ1v) is 14.2. The van der Waals surface area contributed by atoms with E-state index in [-0.39, 0.29) is 50.7 Å². The standard InChI is InChI=1S/C24H35N6O7P.CH2O.CH4/c1-16(2)34-15-27-38(31,37-18-8-6-5-7-9-18)35-13-19-12-17(10-11-32-3)23(36-19)30-14-26-20-21(30)28-24(25)29-22(20)33-4;1-2;/h5-9,14,16-17,19,23H,10-13,15H2,1-4H3,(H,27,31)(H2,25,28,29);1H2;1H4. The van der Waals surface area contributed by atoms with E-state index in [9.17, 15) is 4.57 Å². The van der Waals surface area contributed by atoms with Crippen LogP contribution in [-0.4, -0.2) is 72.7 Å². The number of nitrogens with one attached hydrogen (secondary N) is 1. The number of ether oxygens (including phenoxy) is 4. The van der Waals surface area contributed by atoms with Crippen LogP contribution >= 0.6 is 7.75 Å². The van der Waals surface area contributed by atoms with E-state index in [0.717, 1.165) is 0 Å². The molecule has 0 spiro atoms. The maximum atomic E-state index is 13.6. The first-order chi connectivity index (χ1) is 19.3. The van der Waals surface area contributed by atoms with Crippen LogP contribution < -0.4 is 20.1 Å². The van der Waals surface area contributed by atoms with Crippen molar-refractivity contribution in [1.29, 1.82) is 0 Å². The number of fused-ring (bicyclic) bond motifs is 1. The van der Waals surface area contributed by atoms with Crippen LogP contribution in [-0.2, 0) is 28.1 Å². The van der Waals surface area contributed by atoms with Crippen LogP contribution in [0.2, 0.25) is 0 Å². The molecule has 4 rings (SSSR count). The molecular weight excluding hydrogens is 555 g/mol. The van der Waals surface area contributed by atoms with Crippen molar-refractivity contribution in [3.8, 4) is 11.6 Å². The molecule has 0 aliphatic carbocycles. The molecule has 0 radical (unpaired) electrons. The van der Waals surface area contributed by atoms with Gasteiger partial charge in [0.1, 0.15) is 25.5 Å². The van der Waals surface area contributed by atoms with E-state index in [4.69, 9.17) is 38.5 Å². The Balaban J connectivity index is 0.00000192. The van der Waals surface area contributed by atoms with Gasteiger partial charge in [-0.3, -0.25) is 9.09 Å².